The molecule has 1 saturated heterocycles. The van der Waals surface area contributed by atoms with Crippen molar-refractivity contribution in [3.8, 4) is 0 Å². The highest BCUT2D eigenvalue weighted by Gasteiger charge is 2.11. The van der Waals surface area contributed by atoms with Gasteiger partial charge in [-0.1, -0.05) is 0 Å². The normalized spacial score (nSPS) is 28.3. The molecule has 0 bridgehead atoms. The Labute approximate surface area is 56.2 Å². The highest BCUT2D eigenvalue weighted by atomic mass is 16.7. The van der Waals surface area contributed by atoms with Crippen molar-refractivity contribution in [3.05, 3.63) is 0 Å². The van der Waals surface area contributed by atoms with Crippen molar-refractivity contribution in [1.29, 1.82) is 0 Å². The van der Waals surface area contributed by atoms with Gasteiger partial charge < -0.3 is 9.47 Å². The second kappa shape index (κ2) is 3.85. The van der Waals surface area contributed by atoms with Gasteiger partial charge in [-0.25, -0.2) is 0 Å². The summed E-state index contributed by atoms with van der Waals surface area (Å²) >= 11 is 0. The Balaban J connectivity index is 2.08. The van der Waals surface area contributed by atoms with E-state index < -0.39 is 0 Å². The van der Waals surface area contributed by atoms with Gasteiger partial charge in [-0.05, 0) is 26.2 Å². The van der Waals surface area contributed by atoms with Gasteiger partial charge >= 0.3 is 0 Å². The van der Waals surface area contributed by atoms with Crippen molar-refractivity contribution >= 4 is 0 Å². The van der Waals surface area contributed by atoms with Gasteiger partial charge in [0.15, 0.2) is 6.29 Å². The molecule has 1 fully saturated rings. The molecule has 0 aromatic rings. The summed E-state index contributed by atoms with van der Waals surface area (Å²) in [4.78, 5) is 0. The van der Waals surface area contributed by atoms with E-state index >= 15 is 0 Å². The van der Waals surface area contributed by atoms with Crippen LogP contribution in [0.2, 0.25) is 0 Å². The molecule has 1 atom stereocenters. The molecule has 0 amide bonds. The summed E-state index contributed by atoms with van der Waals surface area (Å²) in [7, 11) is 0. The fourth-order valence-corrected chi connectivity index (χ4v) is 1.03. The van der Waals surface area contributed by atoms with E-state index in [1.54, 1.807) is 0 Å². The van der Waals surface area contributed by atoms with Gasteiger partial charge in [0.1, 0.15) is 0 Å². The van der Waals surface area contributed by atoms with Crippen LogP contribution in [-0.2, 0) is 9.47 Å². The molecule has 9 heavy (non-hydrogen) atoms. The first kappa shape index (κ1) is 7.03. The van der Waals surface area contributed by atoms with Crippen LogP contribution in [0.5, 0.6) is 0 Å². The SMILES string of the molecule is CCO[C@@H]1CCCCO1. The highest BCUT2D eigenvalue weighted by molar-refractivity contribution is 4.52. The Morgan fingerprint density at radius 3 is 3.00 bits per heavy atom. The highest BCUT2D eigenvalue weighted by Crippen LogP contribution is 2.12. The number of rotatable bonds is 2. The van der Waals surface area contributed by atoms with Gasteiger partial charge in [0.2, 0.25) is 0 Å². The quantitative estimate of drug-likeness (QED) is 0.564. The second-order valence-electron chi connectivity index (χ2n) is 2.25. The van der Waals surface area contributed by atoms with Crippen LogP contribution in [0, 0.1) is 0 Å². The predicted molar refractivity (Wildman–Crippen MR) is 35.2 cm³/mol. The van der Waals surface area contributed by atoms with Crippen LogP contribution in [0.15, 0.2) is 0 Å². The molecule has 0 saturated carbocycles. The monoisotopic (exact) mass is 130 g/mol. The maximum absolute atomic E-state index is 5.30. The van der Waals surface area contributed by atoms with Gasteiger partial charge in [0, 0.05) is 13.2 Å². The molecule has 2 heteroatoms. The molecule has 0 spiro atoms. The van der Waals surface area contributed by atoms with Crippen molar-refractivity contribution in [2.24, 2.45) is 0 Å². The lowest BCUT2D eigenvalue weighted by atomic mass is 10.2. The van der Waals surface area contributed by atoms with E-state index in [9.17, 15) is 0 Å². The maximum Gasteiger partial charge on any atom is 0.157 e. The van der Waals surface area contributed by atoms with E-state index in [0.29, 0.717) is 0 Å². The van der Waals surface area contributed by atoms with Crippen LogP contribution < -0.4 is 0 Å². The zero-order valence-corrected chi connectivity index (χ0v) is 5.93. The third-order valence-corrected chi connectivity index (χ3v) is 1.49. The summed E-state index contributed by atoms with van der Waals surface area (Å²) in [6.07, 6.45) is 3.63. The zero-order valence-electron chi connectivity index (χ0n) is 5.93. The van der Waals surface area contributed by atoms with Crippen molar-refractivity contribution in [3.63, 3.8) is 0 Å². The molecule has 0 N–H and O–H groups in total. The number of hydrogen-bond acceptors (Lipinski definition) is 2. The number of ether oxygens (including phenoxy) is 2. The molecule has 0 aromatic carbocycles. The minimum absolute atomic E-state index is 0.101. The minimum atomic E-state index is 0.101. The average Bonchev–Trinajstić information content (AvgIpc) is 1.91. The van der Waals surface area contributed by atoms with E-state index in [0.717, 1.165) is 19.6 Å². The van der Waals surface area contributed by atoms with Crippen molar-refractivity contribution in [2.75, 3.05) is 13.2 Å². The van der Waals surface area contributed by atoms with Crippen LogP contribution in [-0.4, -0.2) is 19.5 Å². The lowest BCUT2D eigenvalue weighted by Crippen LogP contribution is -2.21. The first-order valence-electron chi connectivity index (χ1n) is 3.66. The smallest absolute Gasteiger partial charge is 0.157 e. The molecule has 0 aliphatic carbocycles. The van der Waals surface area contributed by atoms with Crippen LogP contribution in [0.25, 0.3) is 0 Å². The lowest BCUT2D eigenvalue weighted by Gasteiger charge is -2.21. The molecular weight excluding hydrogens is 116 g/mol. The third-order valence-electron chi connectivity index (χ3n) is 1.49. The Kier molecular flexibility index (Phi) is 3.01. The molecule has 1 aliphatic rings. The zero-order chi connectivity index (χ0) is 6.53. The maximum atomic E-state index is 5.30. The molecule has 1 heterocycles. The summed E-state index contributed by atoms with van der Waals surface area (Å²) in [5.74, 6) is 0. The largest absolute Gasteiger partial charge is 0.353 e. The third kappa shape index (κ3) is 2.33. The summed E-state index contributed by atoms with van der Waals surface area (Å²) < 4.78 is 10.6. The first-order chi connectivity index (χ1) is 4.43. The topological polar surface area (TPSA) is 18.5 Å². The average molecular weight is 130 g/mol. The second-order valence-corrected chi connectivity index (χ2v) is 2.25. The standard InChI is InChI=1S/C7H14O2/c1-2-8-7-5-3-4-6-9-7/h7H,2-6H2,1H3/t7-/m0/s1. The van der Waals surface area contributed by atoms with Gasteiger partial charge in [0.25, 0.3) is 0 Å². The molecule has 0 unspecified atom stereocenters. The van der Waals surface area contributed by atoms with Crippen molar-refractivity contribution in [1.82, 2.24) is 0 Å². The van der Waals surface area contributed by atoms with E-state index in [1.165, 1.54) is 12.8 Å². The van der Waals surface area contributed by atoms with E-state index in [2.05, 4.69) is 0 Å². The van der Waals surface area contributed by atoms with E-state index in [-0.39, 0.29) is 6.29 Å². The Morgan fingerprint density at radius 1 is 1.56 bits per heavy atom. The van der Waals surface area contributed by atoms with Crippen molar-refractivity contribution < 1.29 is 9.47 Å². The fourth-order valence-electron chi connectivity index (χ4n) is 1.03. The van der Waals surface area contributed by atoms with Crippen LogP contribution in [0.3, 0.4) is 0 Å². The van der Waals surface area contributed by atoms with Gasteiger partial charge in [0.05, 0.1) is 0 Å². The van der Waals surface area contributed by atoms with Crippen molar-refractivity contribution in [2.45, 2.75) is 32.5 Å². The van der Waals surface area contributed by atoms with E-state index in [1.807, 2.05) is 6.92 Å². The minimum Gasteiger partial charge on any atom is -0.353 e. The molecule has 0 aromatic heterocycles. The summed E-state index contributed by atoms with van der Waals surface area (Å²) in [5, 5.41) is 0. The lowest BCUT2D eigenvalue weighted by molar-refractivity contribution is -0.159. The van der Waals surface area contributed by atoms with Crippen LogP contribution >= 0.6 is 0 Å². The summed E-state index contributed by atoms with van der Waals surface area (Å²) in [5.41, 5.74) is 0. The van der Waals surface area contributed by atoms with Gasteiger partial charge in [-0.15, -0.1) is 0 Å². The van der Waals surface area contributed by atoms with Gasteiger partial charge in [-0.2, -0.15) is 0 Å². The molecule has 54 valence electrons. The molecule has 2 nitrogen and oxygen atoms in total. The molecule has 1 rings (SSSR count). The Morgan fingerprint density at radius 2 is 2.44 bits per heavy atom. The number of hydrogen-bond donors (Lipinski definition) is 0. The summed E-state index contributed by atoms with van der Waals surface area (Å²) in [6, 6.07) is 0. The summed E-state index contributed by atoms with van der Waals surface area (Å²) in [6.45, 7) is 3.65. The van der Waals surface area contributed by atoms with Crippen LogP contribution in [0.4, 0.5) is 0 Å². The molecular formula is C7H14O2. The Bertz CT molecular complexity index is 64.6. The molecule has 0 radical (unpaired) electrons. The fraction of sp³-hybridized carbons (Fsp3) is 1.00. The Hall–Kier alpha value is -0.0800. The predicted octanol–water partition coefficient (Wildman–Crippen LogP) is 1.55. The first-order valence-corrected chi connectivity index (χ1v) is 3.66. The molecule has 1 aliphatic heterocycles. The van der Waals surface area contributed by atoms with Gasteiger partial charge in [-0.3, -0.25) is 0 Å². The van der Waals surface area contributed by atoms with E-state index in [4.69, 9.17) is 9.47 Å². The van der Waals surface area contributed by atoms with Crippen LogP contribution in [0.1, 0.15) is 26.2 Å².